The number of ketones is 2. The Morgan fingerprint density at radius 1 is 0.636 bits per heavy atom. The highest BCUT2D eigenvalue weighted by Crippen LogP contribution is 2.38. The summed E-state index contributed by atoms with van der Waals surface area (Å²) in [5, 5.41) is 21.5. The van der Waals surface area contributed by atoms with Crippen molar-refractivity contribution in [1.82, 2.24) is 0 Å². The lowest BCUT2D eigenvalue weighted by Gasteiger charge is -2.19. The van der Waals surface area contributed by atoms with Gasteiger partial charge in [-0.2, -0.15) is 0 Å². The molecule has 106 valence electrons. The van der Waals surface area contributed by atoms with Gasteiger partial charge in [0.2, 0.25) is 0 Å². The van der Waals surface area contributed by atoms with Crippen molar-refractivity contribution in [3.05, 3.63) is 70.8 Å². The van der Waals surface area contributed by atoms with Crippen LogP contribution in [0.25, 0.3) is 10.8 Å². The number of phenolic OH excluding ortho intramolecular Hbond substituents is 2. The van der Waals surface area contributed by atoms with E-state index in [1.54, 1.807) is 12.1 Å². The van der Waals surface area contributed by atoms with E-state index in [9.17, 15) is 19.8 Å². The van der Waals surface area contributed by atoms with E-state index in [1.165, 1.54) is 12.1 Å². The number of aromatic hydroxyl groups is 2. The molecule has 3 aromatic carbocycles. The van der Waals surface area contributed by atoms with E-state index in [1.807, 2.05) is 24.3 Å². The Bertz CT molecular complexity index is 906. The van der Waals surface area contributed by atoms with Crippen molar-refractivity contribution in [3.8, 4) is 11.5 Å². The summed E-state index contributed by atoms with van der Waals surface area (Å²) < 4.78 is 0. The van der Waals surface area contributed by atoms with E-state index in [2.05, 4.69) is 0 Å². The van der Waals surface area contributed by atoms with Crippen molar-refractivity contribution in [1.29, 1.82) is 0 Å². The molecule has 0 unspecified atom stereocenters. The van der Waals surface area contributed by atoms with Crippen LogP contribution in [0.2, 0.25) is 0 Å². The number of hydrogen-bond acceptors (Lipinski definition) is 4. The Kier molecular flexibility index (Phi) is 2.39. The third-order valence-electron chi connectivity index (χ3n) is 3.99. The molecule has 0 atom stereocenters. The van der Waals surface area contributed by atoms with Crippen molar-refractivity contribution >= 4 is 22.3 Å². The molecule has 22 heavy (non-hydrogen) atoms. The van der Waals surface area contributed by atoms with Gasteiger partial charge in [0.1, 0.15) is 11.5 Å². The molecule has 1 aliphatic rings. The van der Waals surface area contributed by atoms with Gasteiger partial charge in [-0.1, -0.05) is 24.3 Å². The second-order valence-electron chi connectivity index (χ2n) is 5.26. The molecular formula is C18H10O4. The van der Waals surface area contributed by atoms with Crippen molar-refractivity contribution in [2.24, 2.45) is 0 Å². The summed E-state index contributed by atoms with van der Waals surface area (Å²) in [6.07, 6.45) is 0. The van der Waals surface area contributed by atoms with Crippen LogP contribution in [0.5, 0.6) is 11.5 Å². The Morgan fingerprint density at radius 3 is 1.45 bits per heavy atom. The van der Waals surface area contributed by atoms with Crippen LogP contribution in [0.1, 0.15) is 31.8 Å². The van der Waals surface area contributed by atoms with Crippen LogP contribution in [0.4, 0.5) is 0 Å². The second kappa shape index (κ2) is 4.18. The van der Waals surface area contributed by atoms with Crippen LogP contribution in [-0.4, -0.2) is 21.8 Å². The number of hydrogen-bond donors (Lipinski definition) is 2. The summed E-state index contributed by atoms with van der Waals surface area (Å²) in [7, 11) is 0. The van der Waals surface area contributed by atoms with E-state index in [0.29, 0.717) is 0 Å². The summed E-state index contributed by atoms with van der Waals surface area (Å²) in [6, 6.07) is 13.1. The van der Waals surface area contributed by atoms with Crippen LogP contribution in [0.15, 0.2) is 48.5 Å². The monoisotopic (exact) mass is 290 g/mol. The number of benzene rings is 3. The molecule has 4 nitrogen and oxygen atoms in total. The highest BCUT2D eigenvalue weighted by molar-refractivity contribution is 6.31. The highest BCUT2D eigenvalue weighted by atomic mass is 16.3. The first kappa shape index (κ1) is 12.6. The standard InChI is InChI=1S/C18H10O4/c19-13-5-6-14(20)16-15(13)17(21)11-7-9-3-1-2-4-10(9)8-12(11)18(16)22/h1-8,19-20H. The zero-order valence-electron chi connectivity index (χ0n) is 11.3. The molecule has 0 saturated heterocycles. The summed E-state index contributed by atoms with van der Waals surface area (Å²) >= 11 is 0. The Balaban J connectivity index is 2.10. The molecule has 0 heterocycles. The predicted octanol–water partition coefficient (Wildman–Crippen LogP) is 3.03. The molecule has 0 aromatic heterocycles. The number of carbonyl (C=O) groups excluding carboxylic acids is 2. The van der Waals surface area contributed by atoms with E-state index in [4.69, 9.17) is 0 Å². The molecular weight excluding hydrogens is 280 g/mol. The summed E-state index contributed by atoms with van der Waals surface area (Å²) in [5.41, 5.74) is 0.231. The largest absolute Gasteiger partial charge is 0.507 e. The molecule has 0 radical (unpaired) electrons. The average Bonchev–Trinajstić information content (AvgIpc) is 2.53. The third-order valence-corrected chi connectivity index (χ3v) is 3.99. The van der Waals surface area contributed by atoms with Gasteiger partial charge < -0.3 is 10.2 Å². The Labute approximate surface area is 125 Å². The Morgan fingerprint density at radius 2 is 1.05 bits per heavy atom. The summed E-state index contributed by atoms with van der Waals surface area (Å²) in [6.45, 7) is 0. The van der Waals surface area contributed by atoms with E-state index >= 15 is 0 Å². The minimum absolute atomic E-state index is 0.132. The first-order valence-corrected chi connectivity index (χ1v) is 6.75. The lowest BCUT2D eigenvalue weighted by molar-refractivity contribution is 0.0974. The maximum Gasteiger partial charge on any atom is 0.198 e. The maximum atomic E-state index is 12.6. The lowest BCUT2D eigenvalue weighted by Crippen LogP contribution is -2.21. The van der Waals surface area contributed by atoms with Crippen LogP contribution < -0.4 is 0 Å². The van der Waals surface area contributed by atoms with Crippen molar-refractivity contribution in [2.45, 2.75) is 0 Å². The fourth-order valence-electron chi connectivity index (χ4n) is 2.93. The third kappa shape index (κ3) is 1.52. The molecule has 4 rings (SSSR count). The van der Waals surface area contributed by atoms with Crippen LogP contribution in [0, 0.1) is 0 Å². The number of rotatable bonds is 0. The van der Waals surface area contributed by atoms with Crippen molar-refractivity contribution in [3.63, 3.8) is 0 Å². The minimum atomic E-state index is -0.455. The van der Waals surface area contributed by atoms with Gasteiger partial charge >= 0.3 is 0 Å². The quantitative estimate of drug-likeness (QED) is 0.488. The molecule has 0 amide bonds. The topological polar surface area (TPSA) is 74.6 Å². The van der Waals surface area contributed by atoms with E-state index in [0.717, 1.165) is 10.8 Å². The highest BCUT2D eigenvalue weighted by Gasteiger charge is 2.34. The fourth-order valence-corrected chi connectivity index (χ4v) is 2.93. The molecule has 2 N–H and O–H groups in total. The molecule has 1 aliphatic carbocycles. The second-order valence-corrected chi connectivity index (χ2v) is 5.26. The molecule has 0 bridgehead atoms. The summed E-state index contributed by atoms with van der Waals surface area (Å²) in [4.78, 5) is 25.3. The van der Waals surface area contributed by atoms with Crippen molar-refractivity contribution in [2.75, 3.05) is 0 Å². The van der Waals surface area contributed by atoms with Gasteiger partial charge in [-0.25, -0.2) is 0 Å². The zero-order chi connectivity index (χ0) is 15.4. The van der Waals surface area contributed by atoms with Crippen LogP contribution in [0.3, 0.4) is 0 Å². The SMILES string of the molecule is O=C1c2cc3ccccc3cc2C(=O)c2c(O)ccc(O)c21. The average molecular weight is 290 g/mol. The van der Waals surface area contributed by atoms with Gasteiger partial charge in [0.05, 0.1) is 11.1 Å². The number of phenols is 2. The summed E-state index contributed by atoms with van der Waals surface area (Å²) in [5.74, 6) is -1.51. The smallest absolute Gasteiger partial charge is 0.198 e. The fraction of sp³-hybridized carbons (Fsp3) is 0. The molecule has 0 spiro atoms. The van der Waals surface area contributed by atoms with Gasteiger partial charge in [-0.05, 0) is 35.0 Å². The first-order chi connectivity index (χ1) is 10.6. The zero-order valence-corrected chi connectivity index (χ0v) is 11.3. The van der Waals surface area contributed by atoms with Gasteiger partial charge in [0.25, 0.3) is 0 Å². The number of carbonyl (C=O) groups is 2. The molecule has 0 aliphatic heterocycles. The van der Waals surface area contributed by atoms with Gasteiger partial charge in [-0.3, -0.25) is 9.59 Å². The van der Waals surface area contributed by atoms with Gasteiger partial charge in [0, 0.05) is 11.1 Å². The maximum absolute atomic E-state index is 12.6. The van der Waals surface area contributed by atoms with Crippen LogP contribution >= 0.6 is 0 Å². The van der Waals surface area contributed by atoms with E-state index < -0.39 is 11.6 Å². The van der Waals surface area contributed by atoms with Gasteiger partial charge in [-0.15, -0.1) is 0 Å². The molecule has 0 saturated carbocycles. The predicted molar refractivity (Wildman–Crippen MR) is 80.6 cm³/mol. The van der Waals surface area contributed by atoms with Gasteiger partial charge in [0.15, 0.2) is 11.6 Å². The lowest BCUT2D eigenvalue weighted by atomic mass is 9.82. The Hall–Kier alpha value is -3.14. The first-order valence-electron chi connectivity index (χ1n) is 6.75. The normalized spacial score (nSPS) is 13.1. The van der Waals surface area contributed by atoms with Crippen molar-refractivity contribution < 1.29 is 19.8 Å². The minimum Gasteiger partial charge on any atom is -0.507 e. The number of fused-ring (bicyclic) bond motifs is 3. The molecule has 0 fully saturated rings. The molecule has 4 heteroatoms. The molecule has 3 aromatic rings. The van der Waals surface area contributed by atoms with Crippen LogP contribution in [-0.2, 0) is 0 Å². The van der Waals surface area contributed by atoms with E-state index in [-0.39, 0.29) is 33.8 Å².